The summed E-state index contributed by atoms with van der Waals surface area (Å²) >= 11 is 6.03. The van der Waals surface area contributed by atoms with Crippen molar-refractivity contribution in [3.8, 4) is 16.9 Å². The van der Waals surface area contributed by atoms with Crippen molar-refractivity contribution in [2.45, 2.75) is 45.6 Å². The van der Waals surface area contributed by atoms with Crippen molar-refractivity contribution in [2.75, 3.05) is 6.61 Å². The van der Waals surface area contributed by atoms with E-state index in [-0.39, 0.29) is 11.7 Å². The second kappa shape index (κ2) is 10.8. The summed E-state index contributed by atoms with van der Waals surface area (Å²) in [6.07, 6.45) is 5.97. The van der Waals surface area contributed by atoms with Gasteiger partial charge in [0.1, 0.15) is 0 Å². The molecule has 0 N–H and O–H groups in total. The molecule has 0 atom stereocenters. The molecule has 0 aliphatic rings. The molecule has 1 aromatic heterocycles. The molecule has 0 spiro atoms. The van der Waals surface area contributed by atoms with Crippen LogP contribution in [-0.4, -0.2) is 21.7 Å². The van der Waals surface area contributed by atoms with Crippen LogP contribution in [0, 0.1) is 0 Å². The van der Waals surface area contributed by atoms with Gasteiger partial charge in [0.2, 0.25) is 0 Å². The molecule has 0 fully saturated rings. The number of ether oxygens (including phenoxy) is 1. The summed E-state index contributed by atoms with van der Waals surface area (Å²) in [7, 11) is 0. The van der Waals surface area contributed by atoms with Gasteiger partial charge in [-0.05, 0) is 44.0 Å². The zero-order valence-electron chi connectivity index (χ0n) is 17.2. The Labute approximate surface area is 181 Å². The van der Waals surface area contributed by atoms with Crippen molar-refractivity contribution >= 4 is 17.6 Å². The van der Waals surface area contributed by atoms with Crippen LogP contribution in [-0.2, 0) is 16.1 Å². The van der Waals surface area contributed by atoms with Crippen molar-refractivity contribution in [3.63, 3.8) is 0 Å². The maximum atomic E-state index is 13.2. The van der Waals surface area contributed by atoms with Gasteiger partial charge in [0.15, 0.2) is 0 Å². The Balaban J connectivity index is 1.72. The Bertz CT molecular complexity index is 1010. The SMILES string of the molecule is CCOC(=O)CCCCCCn1cc(-c2ccccc2)n(-c2ccc(Cl)cc2)c1=O. The lowest BCUT2D eigenvalue weighted by Crippen LogP contribution is -2.23. The molecule has 0 bridgehead atoms. The number of benzene rings is 2. The number of esters is 1. The van der Waals surface area contributed by atoms with E-state index in [0.717, 1.165) is 42.6 Å². The molecule has 0 amide bonds. The van der Waals surface area contributed by atoms with Crippen LogP contribution in [0.15, 0.2) is 65.6 Å². The second-order valence-electron chi connectivity index (χ2n) is 7.14. The zero-order chi connectivity index (χ0) is 21.3. The van der Waals surface area contributed by atoms with Crippen LogP contribution in [0.4, 0.5) is 0 Å². The number of imidazole rings is 1. The highest BCUT2D eigenvalue weighted by Crippen LogP contribution is 2.23. The summed E-state index contributed by atoms with van der Waals surface area (Å²) in [5.74, 6) is -0.138. The summed E-state index contributed by atoms with van der Waals surface area (Å²) in [6, 6.07) is 17.2. The van der Waals surface area contributed by atoms with E-state index < -0.39 is 0 Å². The summed E-state index contributed by atoms with van der Waals surface area (Å²) in [5.41, 5.74) is 2.56. The Morgan fingerprint density at radius 2 is 1.67 bits per heavy atom. The van der Waals surface area contributed by atoms with Crippen LogP contribution in [0.3, 0.4) is 0 Å². The molecule has 0 aliphatic heterocycles. The van der Waals surface area contributed by atoms with Gasteiger partial charge in [-0.3, -0.25) is 13.9 Å². The minimum atomic E-state index is -0.138. The normalized spacial score (nSPS) is 10.9. The largest absolute Gasteiger partial charge is 0.466 e. The molecule has 158 valence electrons. The second-order valence-corrected chi connectivity index (χ2v) is 7.57. The minimum absolute atomic E-state index is 0.0669. The van der Waals surface area contributed by atoms with E-state index in [1.165, 1.54) is 0 Å². The number of hydrogen-bond donors (Lipinski definition) is 0. The van der Waals surface area contributed by atoms with Gasteiger partial charge in [-0.15, -0.1) is 0 Å². The van der Waals surface area contributed by atoms with Gasteiger partial charge in [0.25, 0.3) is 0 Å². The monoisotopic (exact) mass is 426 g/mol. The van der Waals surface area contributed by atoms with E-state index in [1.54, 1.807) is 21.3 Å². The fourth-order valence-electron chi connectivity index (χ4n) is 3.44. The van der Waals surface area contributed by atoms with E-state index >= 15 is 0 Å². The first-order valence-electron chi connectivity index (χ1n) is 10.4. The third kappa shape index (κ3) is 5.63. The van der Waals surface area contributed by atoms with E-state index in [0.29, 0.717) is 24.6 Å². The topological polar surface area (TPSA) is 53.2 Å². The van der Waals surface area contributed by atoms with E-state index in [4.69, 9.17) is 16.3 Å². The third-order valence-corrected chi connectivity index (χ3v) is 5.20. The number of carbonyl (C=O) groups excluding carboxylic acids is 1. The molecular weight excluding hydrogens is 400 g/mol. The number of halogens is 1. The number of aryl methyl sites for hydroxylation is 1. The van der Waals surface area contributed by atoms with Crippen molar-refractivity contribution in [3.05, 3.63) is 76.3 Å². The average molecular weight is 427 g/mol. The molecule has 30 heavy (non-hydrogen) atoms. The maximum Gasteiger partial charge on any atom is 0.333 e. The van der Waals surface area contributed by atoms with Crippen molar-refractivity contribution in [1.82, 2.24) is 9.13 Å². The smallest absolute Gasteiger partial charge is 0.333 e. The lowest BCUT2D eigenvalue weighted by Gasteiger charge is -2.07. The number of unbranched alkanes of at least 4 members (excludes halogenated alkanes) is 3. The number of rotatable bonds is 10. The number of carbonyl (C=O) groups is 1. The standard InChI is InChI=1S/C24H27ClN2O3/c1-2-30-23(28)12-8-3-4-9-17-26-18-22(19-10-6-5-7-11-19)27(24(26)29)21-15-13-20(25)14-16-21/h5-7,10-11,13-16,18H,2-4,8-9,12,17H2,1H3. The molecular formula is C24H27ClN2O3. The number of hydrogen-bond acceptors (Lipinski definition) is 3. The molecule has 3 aromatic rings. The predicted octanol–water partition coefficient (Wildman–Crippen LogP) is 5.47. The molecule has 3 rings (SSSR count). The summed E-state index contributed by atoms with van der Waals surface area (Å²) in [4.78, 5) is 24.6. The maximum absolute atomic E-state index is 13.2. The fraction of sp³-hybridized carbons (Fsp3) is 0.333. The highest BCUT2D eigenvalue weighted by molar-refractivity contribution is 6.30. The molecule has 0 unspecified atom stereocenters. The van der Waals surface area contributed by atoms with Crippen molar-refractivity contribution < 1.29 is 9.53 Å². The first kappa shape index (κ1) is 21.9. The lowest BCUT2D eigenvalue weighted by molar-refractivity contribution is -0.143. The number of aromatic nitrogens is 2. The summed E-state index contributed by atoms with van der Waals surface area (Å²) in [6.45, 7) is 2.88. The van der Waals surface area contributed by atoms with Gasteiger partial charge < -0.3 is 4.74 Å². The Morgan fingerprint density at radius 1 is 0.967 bits per heavy atom. The van der Waals surface area contributed by atoms with Gasteiger partial charge >= 0.3 is 11.7 Å². The Kier molecular flexibility index (Phi) is 7.91. The van der Waals surface area contributed by atoms with Gasteiger partial charge in [-0.2, -0.15) is 0 Å². The highest BCUT2D eigenvalue weighted by atomic mass is 35.5. The van der Waals surface area contributed by atoms with Crippen LogP contribution in [0.1, 0.15) is 39.0 Å². The Morgan fingerprint density at radius 3 is 2.37 bits per heavy atom. The molecule has 0 saturated heterocycles. The lowest BCUT2D eigenvalue weighted by atomic mass is 10.1. The van der Waals surface area contributed by atoms with E-state index in [2.05, 4.69) is 0 Å². The Hall–Kier alpha value is -2.79. The quantitative estimate of drug-likeness (QED) is 0.319. The molecule has 1 heterocycles. The first-order chi connectivity index (χ1) is 14.6. The average Bonchev–Trinajstić information content (AvgIpc) is 3.08. The highest BCUT2D eigenvalue weighted by Gasteiger charge is 2.14. The van der Waals surface area contributed by atoms with Gasteiger partial charge in [0, 0.05) is 29.7 Å². The van der Waals surface area contributed by atoms with E-state index in [1.807, 2.05) is 55.6 Å². The zero-order valence-corrected chi connectivity index (χ0v) is 18.0. The van der Waals surface area contributed by atoms with Crippen molar-refractivity contribution in [2.24, 2.45) is 0 Å². The van der Waals surface area contributed by atoms with Gasteiger partial charge in [0.05, 0.1) is 18.0 Å². The molecule has 0 saturated carbocycles. The number of nitrogens with zero attached hydrogens (tertiary/aromatic N) is 2. The van der Waals surface area contributed by atoms with Crippen LogP contribution in [0.5, 0.6) is 0 Å². The summed E-state index contributed by atoms with van der Waals surface area (Å²) < 4.78 is 8.44. The molecule has 2 aromatic carbocycles. The van der Waals surface area contributed by atoms with Gasteiger partial charge in [-0.1, -0.05) is 54.8 Å². The predicted molar refractivity (Wildman–Crippen MR) is 120 cm³/mol. The van der Waals surface area contributed by atoms with Crippen LogP contribution < -0.4 is 5.69 Å². The van der Waals surface area contributed by atoms with Crippen LogP contribution in [0.2, 0.25) is 5.02 Å². The first-order valence-corrected chi connectivity index (χ1v) is 10.8. The summed E-state index contributed by atoms with van der Waals surface area (Å²) in [5, 5.41) is 0.635. The molecule has 0 aliphatic carbocycles. The van der Waals surface area contributed by atoms with E-state index in [9.17, 15) is 9.59 Å². The van der Waals surface area contributed by atoms with Crippen molar-refractivity contribution in [1.29, 1.82) is 0 Å². The third-order valence-electron chi connectivity index (χ3n) is 4.95. The molecule has 5 nitrogen and oxygen atoms in total. The minimum Gasteiger partial charge on any atom is -0.466 e. The van der Waals surface area contributed by atoms with Crippen LogP contribution >= 0.6 is 11.6 Å². The fourth-order valence-corrected chi connectivity index (χ4v) is 3.57. The van der Waals surface area contributed by atoms with Gasteiger partial charge in [-0.25, -0.2) is 4.79 Å². The molecule has 6 heteroatoms. The molecule has 0 radical (unpaired) electrons. The van der Waals surface area contributed by atoms with Crippen LogP contribution in [0.25, 0.3) is 16.9 Å².